The lowest BCUT2D eigenvalue weighted by Gasteiger charge is -2.32. The van der Waals surface area contributed by atoms with Gasteiger partial charge in [0.05, 0.1) is 30.3 Å². The Balaban J connectivity index is 2.33. The van der Waals surface area contributed by atoms with E-state index in [-0.39, 0.29) is 0 Å². The van der Waals surface area contributed by atoms with Crippen molar-refractivity contribution >= 4 is 28.3 Å². The summed E-state index contributed by atoms with van der Waals surface area (Å²) in [6, 6.07) is 5.01. The molecule has 0 amide bonds. The first-order chi connectivity index (χ1) is 9.95. The fourth-order valence-electron chi connectivity index (χ4n) is 2.15. The molecule has 0 aliphatic carbocycles. The highest BCUT2D eigenvalue weighted by molar-refractivity contribution is 7.92. The van der Waals surface area contributed by atoms with Crippen LogP contribution in [-0.4, -0.2) is 40.1 Å². The molecular weight excluding hydrogens is 305 g/mol. The van der Waals surface area contributed by atoms with Crippen LogP contribution in [0.2, 0.25) is 0 Å². The molecule has 8 heteroatoms. The van der Waals surface area contributed by atoms with Gasteiger partial charge in [0.15, 0.2) is 0 Å². The van der Waals surface area contributed by atoms with Crippen LogP contribution in [0.25, 0.3) is 0 Å². The van der Waals surface area contributed by atoms with Crippen molar-refractivity contribution < 1.29 is 22.5 Å². The first-order valence-corrected chi connectivity index (χ1v) is 8.86. The van der Waals surface area contributed by atoms with E-state index in [9.17, 15) is 8.42 Å². The summed E-state index contributed by atoms with van der Waals surface area (Å²) in [5, 5.41) is 0. The van der Waals surface area contributed by atoms with Crippen molar-refractivity contribution in [2.24, 2.45) is 0 Å². The zero-order valence-corrected chi connectivity index (χ0v) is 14.6. The summed E-state index contributed by atoms with van der Waals surface area (Å²) in [5.41, 5.74) is 0.249. The first kappa shape index (κ1) is 17.1. The molecule has 0 unspecified atom stereocenters. The Morgan fingerprint density at radius 2 is 1.68 bits per heavy atom. The number of nitrogens with one attached hydrogen (secondary N) is 1. The van der Waals surface area contributed by atoms with E-state index in [0.29, 0.717) is 11.4 Å². The zero-order chi connectivity index (χ0) is 16.8. The van der Waals surface area contributed by atoms with E-state index in [1.54, 1.807) is 18.2 Å². The second-order valence-corrected chi connectivity index (χ2v) is 8.17. The molecule has 1 saturated heterocycles. The lowest BCUT2D eigenvalue weighted by Crippen LogP contribution is -2.41. The molecular formula is C14H22BNO5S. The summed E-state index contributed by atoms with van der Waals surface area (Å²) >= 11 is 0. The third-order valence-electron chi connectivity index (χ3n) is 4.04. The fraction of sp³-hybridized carbons (Fsp3) is 0.571. The van der Waals surface area contributed by atoms with E-state index in [0.717, 1.165) is 11.7 Å². The second-order valence-electron chi connectivity index (χ2n) is 6.42. The molecule has 6 nitrogen and oxygen atoms in total. The second kappa shape index (κ2) is 5.44. The highest BCUT2D eigenvalue weighted by atomic mass is 32.2. The van der Waals surface area contributed by atoms with Gasteiger partial charge in [-0.05, 0) is 33.8 Å². The molecule has 1 N–H and O–H groups in total. The number of hydrogen-bond acceptors (Lipinski definition) is 5. The van der Waals surface area contributed by atoms with Crippen LogP contribution in [0.3, 0.4) is 0 Å². The fourth-order valence-corrected chi connectivity index (χ4v) is 2.71. The normalized spacial score (nSPS) is 20.0. The van der Waals surface area contributed by atoms with E-state index < -0.39 is 28.3 Å². The smallest absolute Gasteiger partial charge is 0.497 e. The molecule has 2 rings (SSSR count). The molecule has 122 valence electrons. The highest BCUT2D eigenvalue weighted by Gasteiger charge is 2.52. The predicted molar refractivity (Wildman–Crippen MR) is 87.2 cm³/mol. The van der Waals surface area contributed by atoms with Gasteiger partial charge in [0.25, 0.3) is 0 Å². The Labute approximate surface area is 132 Å². The number of methoxy groups -OCH3 is 1. The van der Waals surface area contributed by atoms with Gasteiger partial charge in [0.2, 0.25) is 10.0 Å². The Kier molecular flexibility index (Phi) is 4.23. The van der Waals surface area contributed by atoms with Crippen LogP contribution in [0.1, 0.15) is 27.7 Å². The van der Waals surface area contributed by atoms with Crippen LogP contribution in [0, 0.1) is 0 Å². The van der Waals surface area contributed by atoms with Gasteiger partial charge in [-0.25, -0.2) is 8.42 Å². The summed E-state index contributed by atoms with van der Waals surface area (Å²) in [5.74, 6) is 0.507. The molecule has 0 spiro atoms. The van der Waals surface area contributed by atoms with E-state index in [1.807, 2.05) is 27.7 Å². The van der Waals surface area contributed by atoms with Crippen molar-refractivity contribution in [2.45, 2.75) is 38.9 Å². The lowest BCUT2D eigenvalue weighted by molar-refractivity contribution is 0.00578. The van der Waals surface area contributed by atoms with Crippen LogP contribution >= 0.6 is 0 Å². The average Bonchev–Trinajstić information content (AvgIpc) is 2.56. The Morgan fingerprint density at radius 1 is 1.14 bits per heavy atom. The molecule has 0 aromatic heterocycles. The van der Waals surface area contributed by atoms with Crippen molar-refractivity contribution in [3.05, 3.63) is 18.2 Å². The SMILES string of the molecule is COc1cc(NS(C)(=O)=O)ccc1B1OC(C)(C)C(C)(C)O1. The monoisotopic (exact) mass is 327 g/mol. The molecule has 22 heavy (non-hydrogen) atoms. The van der Waals surface area contributed by atoms with E-state index in [4.69, 9.17) is 14.0 Å². The molecule has 0 radical (unpaired) electrons. The van der Waals surface area contributed by atoms with Gasteiger partial charge in [-0.1, -0.05) is 6.07 Å². The number of hydrogen-bond donors (Lipinski definition) is 1. The molecule has 1 aliphatic heterocycles. The van der Waals surface area contributed by atoms with Gasteiger partial charge in [-0.15, -0.1) is 0 Å². The summed E-state index contributed by atoms with van der Waals surface area (Å²) in [6.07, 6.45) is 1.10. The molecule has 1 fully saturated rings. The minimum Gasteiger partial charge on any atom is -0.497 e. The first-order valence-electron chi connectivity index (χ1n) is 6.96. The van der Waals surface area contributed by atoms with Crippen molar-refractivity contribution in [3.8, 4) is 5.75 Å². The van der Waals surface area contributed by atoms with Crippen molar-refractivity contribution in [1.29, 1.82) is 0 Å². The van der Waals surface area contributed by atoms with Crippen LogP contribution in [-0.2, 0) is 19.3 Å². The number of benzene rings is 1. The maximum atomic E-state index is 11.3. The highest BCUT2D eigenvalue weighted by Crippen LogP contribution is 2.37. The minimum atomic E-state index is -3.34. The lowest BCUT2D eigenvalue weighted by atomic mass is 9.78. The largest absolute Gasteiger partial charge is 0.498 e. The zero-order valence-electron chi connectivity index (χ0n) is 13.8. The standard InChI is InChI=1S/C14H22BNO5S/c1-13(2)14(3,4)21-15(20-13)11-8-7-10(9-12(11)19-5)16-22(6,17)18/h7-9,16H,1-6H3. The molecule has 0 saturated carbocycles. The van der Waals surface area contributed by atoms with Gasteiger partial charge >= 0.3 is 7.12 Å². The van der Waals surface area contributed by atoms with Crippen LogP contribution in [0.4, 0.5) is 5.69 Å². The van der Waals surface area contributed by atoms with Gasteiger partial charge < -0.3 is 14.0 Å². The predicted octanol–water partition coefficient (Wildman–Crippen LogP) is 1.37. The van der Waals surface area contributed by atoms with Gasteiger partial charge in [0.1, 0.15) is 5.75 Å². The third kappa shape index (κ3) is 3.39. The van der Waals surface area contributed by atoms with Crippen molar-refractivity contribution in [1.82, 2.24) is 0 Å². The quantitative estimate of drug-likeness (QED) is 0.846. The maximum Gasteiger partial charge on any atom is 0.498 e. The van der Waals surface area contributed by atoms with E-state index >= 15 is 0 Å². The summed E-state index contributed by atoms with van der Waals surface area (Å²) in [4.78, 5) is 0. The number of ether oxygens (including phenoxy) is 1. The van der Waals surface area contributed by atoms with Gasteiger partial charge in [-0.2, -0.15) is 0 Å². The van der Waals surface area contributed by atoms with Gasteiger partial charge in [-0.3, -0.25) is 4.72 Å². The number of sulfonamides is 1. The van der Waals surface area contributed by atoms with E-state index in [1.165, 1.54) is 7.11 Å². The third-order valence-corrected chi connectivity index (χ3v) is 4.65. The maximum absolute atomic E-state index is 11.3. The molecule has 1 aliphatic rings. The molecule has 1 heterocycles. The minimum absolute atomic E-state index is 0.430. The topological polar surface area (TPSA) is 73.9 Å². The molecule has 0 atom stereocenters. The molecule has 0 bridgehead atoms. The Morgan fingerprint density at radius 3 is 2.14 bits per heavy atom. The number of rotatable bonds is 4. The summed E-state index contributed by atoms with van der Waals surface area (Å²) in [6.45, 7) is 7.89. The van der Waals surface area contributed by atoms with Crippen molar-refractivity contribution in [2.75, 3.05) is 18.1 Å². The van der Waals surface area contributed by atoms with E-state index in [2.05, 4.69) is 4.72 Å². The van der Waals surface area contributed by atoms with Crippen LogP contribution in [0.5, 0.6) is 5.75 Å². The number of anilines is 1. The van der Waals surface area contributed by atoms with Crippen molar-refractivity contribution in [3.63, 3.8) is 0 Å². The van der Waals surface area contributed by atoms with Crippen LogP contribution in [0.15, 0.2) is 18.2 Å². The molecule has 1 aromatic carbocycles. The Bertz CT molecular complexity index is 656. The van der Waals surface area contributed by atoms with Gasteiger partial charge in [0, 0.05) is 11.5 Å². The Hall–Kier alpha value is -1.25. The molecule has 1 aromatic rings. The average molecular weight is 327 g/mol. The summed E-state index contributed by atoms with van der Waals surface area (Å²) in [7, 11) is -2.38. The van der Waals surface area contributed by atoms with Crippen LogP contribution < -0.4 is 14.9 Å². The summed E-state index contributed by atoms with van der Waals surface area (Å²) < 4.78 is 42.4.